The van der Waals surface area contributed by atoms with Crippen LogP contribution in [0.5, 0.6) is 0 Å². The number of rotatable bonds is 3. The smallest absolute Gasteiger partial charge is 0.110 e. The number of isothiocyanates is 1. The third kappa shape index (κ3) is 3.01. The molecular formula is C14H10ClNS. The summed E-state index contributed by atoms with van der Waals surface area (Å²) in [6, 6.07) is 17.5. The van der Waals surface area contributed by atoms with Gasteiger partial charge in [-0.2, -0.15) is 0 Å². The zero-order valence-corrected chi connectivity index (χ0v) is 10.6. The van der Waals surface area contributed by atoms with Crippen molar-refractivity contribution in [1.29, 1.82) is 0 Å². The monoisotopic (exact) mass is 259 g/mol. The number of nitrogens with zero attached hydrogens (tertiary/aromatic N) is 1. The summed E-state index contributed by atoms with van der Waals surface area (Å²) in [4.78, 5) is 4.22. The summed E-state index contributed by atoms with van der Waals surface area (Å²) < 4.78 is 0. The maximum atomic E-state index is 5.87. The third-order valence-electron chi connectivity index (χ3n) is 2.48. The first-order chi connectivity index (χ1) is 8.31. The van der Waals surface area contributed by atoms with Crippen LogP contribution >= 0.6 is 23.8 Å². The first-order valence-corrected chi connectivity index (χ1v) is 5.97. The second-order valence-corrected chi connectivity index (χ2v) is 4.20. The van der Waals surface area contributed by atoms with Gasteiger partial charge in [0.2, 0.25) is 0 Å². The molecule has 3 heteroatoms. The summed E-state index contributed by atoms with van der Waals surface area (Å²) >= 11 is 10.6. The minimum Gasteiger partial charge on any atom is -0.219 e. The molecule has 2 aromatic carbocycles. The number of halogens is 1. The molecule has 0 saturated heterocycles. The fourth-order valence-corrected chi connectivity index (χ4v) is 1.91. The number of benzene rings is 2. The van der Waals surface area contributed by atoms with Crippen LogP contribution < -0.4 is 0 Å². The van der Waals surface area contributed by atoms with Crippen LogP contribution in [0.15, 0.2) is 59.6 Å². The molecular weight excluding hydrogens is 250 g/mol. The molecule has 0 spiro atoms. The Balaban J connectivity index is 2.42. The minimum absolute atomic E-state index is 0.106. The molecule has 0 N–H and O–H groups in total. The lowest BCUT2D eigenvalue weighted by molar-refractivity contribution is 0.881. The molecule has 84 valence electrons. The van der Waals surface area contributed by atoms with Crippen molar-refractivity contribution >= 4 is 29.0 Å². The molecule has 0 aromatic heterocycles. The van der Waals surface area contributed by atoms with Gasteiger partial charge in [0.25, 0.3) is 0 Å². The van der Waals surface area contributed by atoms with Crippen LogP contribution in [0.1, 0.15) is 17.2 Å². The molecule has 0 radical (unpaired) electrons. The molecule has 1 nitrogen and oxygen atoms in total. The van der Waals surface area contributed by atoms with Gasteiger partial charge in [0, 0.05) is 5.02 Å². The Hall–Kier alpha value is -1.47. The van der Waals surface area contributed by atoms with Crippen molar-refractivity contribution in [3.63, 3.8) is 0 Å². The lowest BCUT2D eigenvalue weighted by Gasteiger charge is -2.11. The second kappa shape index (κ2) is 5.74. The molecule has 0 aliphatic carbocycles. The van der Waals surface area contributed by atoms with Crippen LogP contribution in [0.25, 0.3) is 0 Å². The van der Waals surface area contributed by atoms with Crippen molar-refractivity contribution in [2.45, 2.75) is 6.04 Å². The average molecular weight is 260 g/mol. The second-order valence-electron chi connectivity index (χ2n) is 3.59. The van der Waals surface area contributed by atoms with Gasteiger partial charge in [-0.3, -0.25) is 0 Å². The highest BCUT2D eigenvalue weighted by atomic mass is 35.5. The maximum Gasteiger partial charge on any atom is 0.110 e. The van der Waals surface area contributed by atoms with E-state index in [1.54, 1.807) is 0 Å². The molecule has 0 aliphatic rings. The van der Waals surface area contributed by atoms with Crippen LogP contribution in [-0.2, 0) is 0 Å². The first-order valence-electron chi connectivity index (χ1n) is 5.18. The molecule has 1 atom stereocenters. The molecule has 2 rings (SSSR count). The fourth-order valence-electron chi connectivity index (χ4n) is 1.67. The van der Waals surface area contributed by atoms with E-state index in [2.05, 4.69) is 10.2 Å². The third-order valence-corrected chi connectivity index (χ3v) is 2.84. The zero-order valence-electron chi connectivity index (χ0n) is 9.01. The van der Waals surface area contributed by atoms with E-state index in [1.807, 2.05) is 54.6 Å². The number of aliphatic imine (C=N–C) groups is 1. The Bertz CT molecular complexity index is 530. The van der Waals surface area contributed by atoms with Gasteiger partial charge in [0.1, 0.15) is 6.04 Å². The van der Waals surface area contributed by atoms with Gasteiger partial charge in [-0.05, 0) is 35.5 Å². The van der Waals surface area contributed by atoms with Crippen molar-refractivity contribution in [3.8, 4) is 0 Å². The van der Waals surface area contributed by atoms with Gasteiger partial charge in [-0.25, -0.2) is 4.99 Å². The molecule has 0 fully saturated rings. The van der Waals surface area contributed by atoms with Crippen molar-refractivity contribution < 1.29 is 0 Å². The van der Waals surface area contributed by atoms with Gasteiger partial charge < -0.3 is 0 Å². The van der Waals surface area contributed by atoms with Crippen molar-refractivity contribution in [2.75, 3.05) is 0 Å². The van der Waals surface area contributed by atoms with Gasteiger partial charge in [-0.1, -0.05) is 54.1 Å². The van der Waals surface area contributed by atoms with Crippen LogP contribution in [0, 0.1) is 0 Å². The van der Waals surface area contributed by atoms with Gasteiger partial charge in [0.15, 0.2) is 0 Å². The van der Waals surface area contributed by atoms with Gasteiger partial charge in [0.05, 0.1) is 5.16 Å². The molecule has 0 aliphatic heterocycles. The summed E-state index contributed by atoms with van der Waals surface area (Å²) in [6.45, 7) is 0. The zero-order chi connectivity index (χ0) is 12.1. The highest BCUT2D eigenvalue weighted by molar-refractivity contribution is 7.78. The standard InChI is InChI=1S/C14H10ClNS/c15-13-8-6-12(7-9-13)14(16-10-17)11-4-2-1-3-5-11/h1-9,14H/t14-/m1/s1. The lowest BCUT2D eigenvalue weighted by atomic mass is 10.00. The summed E-state index contributed by atoms with van der Waals surface area (Å²) in [5.74, 6) is 0. The van der Waals surface area contributed by atoms with E-state index in [4.69, 9.17) is 23.8 Å². The Kier molecular flexibility index (Phi) is 4.05. The summed E-state index contributed by atoms with van der Waals surface area (Å²) in [7, 11) is 0. The van der Waals surface area contributed by atoms with Crippen molar-refractivity contribution in [1.82, 2.24) is 0 Å². The fraction of sp³-hybridized carbons (Fsp3) is 0.0714. The number of thiocarbonyl (C=S) groups is 1. The Morgan fingerprint density at radius 3 is 2.12 bits per heavy atom. The predicted octanol–water partition coefficient (Wildman–Crippen LogP) is 4.53. The highest BCUT2D eigenvalue weighted by Gasteiger charge is 2.11. The van der Waals surface area contributed by atoms with E-state index in [1.165, 1.54) is 0 Å². The first kappa shape index (κ1) is 12.0. The quantitative estimate of drug-likeness (QED) is 0.583. The van der Waals surface area contributed by atoms with Crippen LogP contribution in [-0.4, -0.2) is 5.16 Å². The highest BCUT2D eigenvalue weighted by Crippen LogP contribution is 2.26. The molecule has 0 bridgehead atoms. The predicted molar refractivity (Wildman–Crippen MR) is 74.8 cm³/mol. The Labute approximate surface area is 111 Å². The minimum atomic E-state index is -0.106. The van der Waals surface area contributed by atoms with Gasteiger partial charge >= 0.3 is 0 Å². The van der Waals surface area contributed by atoms with Gasteiger partial charge in [-0.15, -0.1) is 0 Å². The molecule has 0 unspecified atom stereocenters. The number of hydrogen-bond donors (Lipinski definition) is 0. The van der Waals surface area contributed by atoms with Crippen molar-refractivity contribution in [2.24, 2.45) is 4.99 Å². The van der Waals surface area contributed by atoms with E-state index in [0.717, 1.165) is 11.1 Å². The van der Waals surface area contributed by atoms with Crippen molar-refractivity contribution in [3.05, 3.63) is 70.7 Å². The molecule has 0 heterocycles. The van der Waals surface area contributed by atoms with E-state index < -0.39 is 0 Å². The molecule has 17 heavy (non-hydrogen) atoms. The Morgan fingerprint density at radius 2 is 1.53 bits per heavy atom. The number of hydrogen-bond acceptors (Lipinski definition) is 2. The summed E-state index contributed by atoms with van der Waals surface area (Å²) in [5.41, 5.74) is 2.14. The maximum absolute atomic E-state index is 5.87. The Morgan fingerprint density at radius 1 is 0.941 bits per heavy atom. The van der Waals surface area contributed by atoms with Crippen LogP contribution in [0.2, 0.25) is 5.02 Å². The molecule has 2 aromatic rings. The van der Waals surface area contributed by atoms with E-state index in [9.17, 15) is 0 Å². The average Bonchev–Trinajstić information content (AvgIpc) is 2.38. The topological polar surface area (TPSA) is 12.4 Å². The SMILES string of the molecule is S=C=N[C@H](c1ccccc1)c1ccc(Cl)cc1. The van der Waals surface area contributed by atoms with Crippen LogP contribution in [0.3, 0.4) is 0 Å². The summed E-state index contributed by atoms with van der Waals surface area (Å²) in [6.07, 6.45) is 0. The molecule has 0 amide bonds. The van der Waals surface area contributed by atoms with E-state index >= 15 is 0 Å². The summed E-state index contributed by atoms with van der Waals surface area (Å²) in [5, 5.41) is 3.17. The van der Waals surface area contributed by atoms with E-state index in [0.29, 0.717) is 5.02 Å². The normalized spacial score (nSPS) is 11.6. The largest absolute Gasteiger partial charge is 0.219 e. The lowest BCUT2D eigenvalue weighted by Crippen LogP contribution is -1.97. The van der Waals surface area contributed by atoms with E-state index in [-0.39, 0.29) is 6.04 Å². The molecule has 0 saturated carbocycles. The van der Waals surface area contributed by atoms with Crippen LogP contribution in [0.4, 0.5) is 0 Å².